The van der Waals surface area contributed by atoms with Gasteiger partial charge in [0.05, 0.1) is 18.2 Å². The minimum atomic E-state index is -4.75. The van der Waals surface area contributed by atoms with Gasteiger partial charge in [0.1, 0.15) is 11.5 Å². The number of pyridine rings is 1. The zero-order valence-corrected chi connectivity index (χ0v) is 20.7. The first kappa shape index (κ1) is 25.6. The minimum Gasteiger partial charge on any atom is -0.497 e. The number of benzene rings is 2. The van der Waals surface area contributed by atoms with Crippen molar-refractivity contribution in [3.63, 3.8) is 0 Å². The molecule has 1 aliphatic carbocycles. The Hall–Kier alpha value is -3.46. The van der Waals surface area contributed by atoms with Gasteiger partial charge in [-0.25, -0.2) is 0 Å². The normalized spacial score (nSPS) is 16.7. The van der Waals surface area contributed by atoms with Gasteiger partial charge in [-0.3, -0.25) is 9.59 Å². The highest BCUT2D eigenvalue weighted by Crippen LogP contribution is 2.42. The average molecular weight is 516 g/mol. The molecule has 188 valence electrons. The van der Waals surface area contributed by atoms with E-state index in [0.717, 1.165) is 15.4 Å². The molecule has 0 spiro atoms. The number of H-pyrrole nitrogens is 1. The lowest BCUT2D eigenvalue weighted by Crippen LogP contribution is -2.29. The molecule has 1 heterocycles. The maximum absolute atomic E-state index is 13.1. The Labute approximate surface area is 210 Å². The second-order valence-electron chi connectivity index (χ2n) is 8.27. The predicted octanol–water partition coefficient (Wildman–Crippen LogP) is 6.88. The molecule has 3 aromatic rings. The number of fused-ring (bicyclic) bond motifs is 2. The standard InChI is InChI=1S/C27H24F3NO4S/c1-4-23(15-6-8-17(9-7-15)35-27(28,29)30)36-24(5-2)16-12-21-25(22(32)13-16)26(33)19-11-10-18(34-3)14-20(19)31-21/h4-11,14,16H,12-13H2,1-3H3,(H,31,33)/b23-4-,24-5-. The third-order valence-corrected chi connectivity index (χ3v) is 7.49. The molecule has 9 heteroatoms. The Morgan fingerprint density at radius 1 is 1.03 bits per heavy atom. The first-order chi connectivity index (χ1) is 17.1. The summed E-state index contributed by atoms with van der Waals surface area (Å²) in [6, 6.07) is 10.8. The predicted molar refractivity (Wildman–Crippen MR) is 135 cm³/mol. The SMILES string of the molecule is C/C=C(\S/C(=C\C)C1CC(=O)c2c([nH]c3cc(OC)ccc3c2=O)C1)c1ccc(OC(F)(F)F)cc1. The zero-order valence-electron chi connectivity index (χ0n) is 19.9. The van der Waals surface area contributed by atoms with Crippen LogP contribution in [-0.2, 0) is 6.42 Å². The number of aromatic amines is 1. The van der Waals surface area contributed by atoms with Crippen molar-refractivity contribution < 1.29 is 27.4 Å². The average Bonchev–Trinajstić information content (AvgIpc) is 2.84. The summed E-state index contributed by atoms with van der Waals surface area (Å²) in [7, 11) is 1.54. The van der Waals surface area contributed by atoms with Crippen molar-refractivity contribution in [3.05, 3.63) is 86.6 Å². The van der Waals surface area contributed by atoms with Gasteiger partial charge in [-0.15, -0.1) is 13.2 Å². The van der Waals surface area contributed by atoms with Gasteiger partial charge in [-0.2, -0.15) is 0 Å². The summed E-state index contributed by atoms with van der Waals surface area (Å²) in [5, 5.41) is 0.441. The summed E-state index contributed by atoms with van der Waals surface area (Å²) in [6.07, 6.45) is -0.279. The fourth-order valence-electron chi connectivity index (χ4n) is 4.35. The number of carbonyl (C=O) groups is 1. The molecular weight excluding hydrogens is 491 g/mol. The van der Waals surface area contributed by atoms with Crippen molar-refractivity contribution in [1.29, 1.82) is 0 Å². The number of alkyl halides is 3. The van der Waals surface area contributed by atoms with Crippen LogP contribution in [0.4, 0.5) is 13.2 Å². The van der Waals surface area contributed by atoms with Crippen molar-refractivity contribution >= 4 is 33.4 Å². The molecule has 1 aliphatic rings. The molecule has 0 fully saturated rings. The number of allylic oxidation sites excluding steroid dienone is 3. The number of ketones is 1. The number of rotatable bonds is 6. The van der Waals surface area contributed by atoms with Gasteiger partial charge in [0, 0.05) is 34.4 Å². The molecule has 1 unspecified atom stereocenters. The van der Waals surface area contributed by atoms with E-state index in [2.05, 4.69) is 9.72 Å². The van der Waals surface area contributed by atoms with Crippen molar-refractivity contribution in [2.24, 2.45) is 5.92 Å². The molecule has 5 nitrogen and oxygen atoms in total. The Morgan fingerprint density at radius 3 is 2.33 bits per heavy atom. The number of ether oxygens (including phenoxy) is 2. The second-order valence-corrected chi connectivity index (χ2v) is 9.38. The van der Waals surface area contributed by atoms with Crippen molar-refractivity contribution in [1.82, 2.24) is 4.98 Å². The molecule has 0 saturated carbocycles. The molecule has 0 radical (unpaired) electrons. The van der Waals surface area contributed by atoms with E-state index in [1.165, 1.54) is 23.9 Å². The van der Waals surface area contributed by atoms with Crippen molar-refractivity contribution in [3.8, 4) is 11.5 Å². The van der Waals surface area contributed by atoms with Crippen LogP contribution in [0.2, 0.25) is 0 Å². The van der Waals surface area contributed by atoms with Gasteiger partial charge in [0.15, 0.2) is 11.2 Å². The molecule has 1 atom stereocenters. The second kappa shape index (κ2) is 10.3. The van der Waals surface area contributed by atoms with Crippen LogP contribution >= 0.6 is 11.8 Å². The zero-order chi connectivity index (χ0) is 26.0. The molecule has 1 N–H and O–H groups in total. The molecule has 1 aromatic heterocycles. The van der Waals surface area contributed by atoms with Gasteiger partial charge in [-0.1, -0.05) is 36.0 Å². The van der Waals surface area contributed by atoms with E-state index < -0.39 is 6.36 Å². The summed E-state index contributed by atoms with van der Waals surface area (Å²) >= 11 is 1.45. The van der Waals surface area contributed by atoms with Gasteiger partial charge >= 0.3 is 6.36 Å². The lowest BCUT2D eigenvalue weighted by Gasteiger charge is -2.26. The van der Waals surface area contributed by atoms with Crippen LogP contribution in [0.3, 0.4) is 0 Å². The summed E-state index contributed by atoms with van der Waals surface area (Å²) in [5.41, 5.74) is 1.85. The Bertz CT molecular complexity index is 1420. The van der Waals surface area contributed by atoms with Crippen LogP contribution in [-0.4, -0.2) is 24.2 Å². The highest BCUT2D eigenvalue weighted by Gasteiger charge is 2.32. The number of carbonyl (C=O) groups excluding carboxylic acids is 1. The highest BCUT2D eigenvalue weighted by molar-refractivity contribution is 8.11. The molecule has 0 amide bonds. The minimum absolute atomic E-state index is 0.151. The third kappa shape index (κ3) is 5.36. The largest absolute Gasteiger partial charge is 0.573 e. The molecule has 0 aliphatic heterocycles. The quantitative estimate of drug-likeness (QED) is 0.388. The molecular formula is C27H24F3NO4S. The number of halogens is 3. The lowest BCUT2D eigenvalue weighted by atomic mass is 9.84. The maximum Gasteiger partial charge on any atom is 0.573 e. The van der Waals surface area contributed by atoms with Crippen molar-refractivity contribution in [2.75, 3.05) is 7.11 Å². The number of methoxy groups -OCH3 is 1. The molecule has 2 aromatic carbocycles. The number of thioether (sulfide) groups is 1. The van der Waals surface area contributed by atoms with Crippen LogP contribution in [0.5, 0.6) is 11.5 Å². The summed E-state index contributed by atoms with van der Waals surface area (Å²) < 4.78 is 46.6. The van der Waals surface area contributed by atoms with Crippen LogP contribution < -0.4 is 14.9 Å². The van der Waals surface area contributed by atoms with Crippen LogP contribution in [0, 0.1) is 5.92 Å². The summed E-state index contributed by atoms with van der Waals surface area (Å²) in [4.78, 5) is 31.2. The number of hydrogen-bond donors (Lipinski definition) is 1. The number of nitrogens with one attached hydrogen (secondary N) is 1. The molecule has 0 bridgehead atoms. The van der Waals surface area contributed by atoms with E-state index in [1.54, 1.807) is 37.4 Å². The number of Topliss-reactive ketones (excluding diaryl/α,β-unsaturated/α-hetero) is 1. The van der Waals surface area contributed by atoms with Crippen LogP contribution in [0.25, 0.3) is 15.8 Å². The van der Waals surface area contributed by atoms with E-state index in [9.17, 15) is 22.8 Å². The van der Waals surface area contributed by atoms with Gasteiger partial charge in [0.25, 0.3) is 0 Å². The monoisotopic (exact) mass is 515 g/mol. The van der Waals surface area contributed by atoms with Gasteiger partial charge in [0.2, 0.25) is 0 Å². The first-order valence-electron chi connectivity index (χ1n) is 11.3. The smallest absolute Gasteiger partial charge is 0.497 e. The number of aromatic nitrogens is 1. The van der Waals surface area contributed by atoms with E-state index in [0.29, 0.717) is 28.8 Å². The van der Waals surface area contributed by atoms with E-state index in [1.807, 2.05) is 26.0 Å². The van der Waals surface area contributed by atoms with E-state index in [4.69, 9.17) is 4.74 Å². The van der Waals surface area contributed by atoms with Crippen molar-refractivity contribution in [2.45, 2.75) is 33.1 Å². The van der Waals surface area contributed by atoms with Gasteiger partial charge < -0.3 is 14.5 Å². The fraction of sp³-hybridized carbons (Fsp3) is 0.259. The highest BCUT2D eigenvalue weighted by atomic mass is 32.2. The lowest BCUT2D eigenvalue weighted by molar-refractivity contribution is -0.274. The Balaban J connectivity index is 1.59. The topological polar surface area (TPSA) is 68.4 Å². The molecule has 4 rings (SSSR count). The third-order valence-electron chi connectivity index (χ3n) is 6.00. The van der Waals surface area contributed by atoms with E-state index in [-0.39, 0.29) is 34.9 Å². The first-order valence-corrected chi connectivity index (χ1v) is 12.1. The Kier molecular flexibility index (Phi) is 7.31. The summed E-state index contributed by atoms with van der Waals surface area (Å²) in [6.45, 7) is 3.72. The Morgan fingerprint density at radius 2 is 1.72 bits per heavy atom. The van der Waals surface area contributed by atoms with Gasteiger partial charge in [-0.05, 0) is 55.0 Å². The number of hydrogen-bond acceptors (Lipinski definition) is 5. The van der Waals surface area contributed by atoms with Crippen LogP contribution in [0.1, 0.15) is 41.9 Å². The van der Waals surface area contributed by atoms with E-state index >= 15 is 0 Å². The van der Waals surface area contributed by atoms with Crippen LogP contribution in [0.15, 0.2) is 64.3 Å². The molecule has 0 saturated heterocycles. The molecule has 36 heavy (non-hydrogen) atoms. The maximum atomic E-state index is 13.1. The fourth-order valence-corrected chi connectivity index (χ4v) is 5.43. The summed E-state index contributed by atoms with van der Waals surface area (Å²) in [5.74, 6) is -0.0524.